The van der Waals surface area contributed by atoms with Crippen LogP contribution in [-0.2, 0) is 6.54 Å². The summed E-state index contributed by atoms with van der Waals surface area (Å²) in [6.07, 6.45) is 4.79. The highest BCUT2D eigenvalue weighted by atomic mass is 15.3. The van der Waals surface area contributed by atoms with Crippen molar-refractivity contribution in [3.8, 4) is 6.07 Å². The zero-order valence-electron chi connectivity index (χ0n) is 15.7. The van der Waals surface area contributed by atoms with E-state index in [1.54, 1.807) is 6.20 Å². The van der Waals surface area contributed by atoms with Gasteiger partial charge in [-0.1, -0.05) is 25.5 Å². The summed E-state index contributed by atoms with van der Waals surface area (Å²) in [6, 6.07) is 12.1. The molecular formula is C21H21N7. The van der Waals surface area contributed by atoms with Crippen molar-refractivity contribution in [1.29, 1.82) is 5.26 Å². The van der Waals surface area contributed by atoms with Crippen molar-refractivity contribution >= 4 is 16.8 Å². The maximum Gasteiger partial charge on any atom is 0.179 e. The molecule has 1 aliphatic rings. The lowest BCUT2D eigenvalue weighted by atomic mass is 9.93. The van der Waals surface area contributed by atoms with Crippen LogP contribution in [0, 0.1) is 17.2 Å². The minimum absolute atomic E-state index is 0.332. The maximum atomic E-state index is 8.98. The summed E-state index contributed by atoms with van der Waals surface area (Å²) < 4.78 is 2.15. The third-order valence-corrected chi connectivity index (χ3v) is 5.83. The van der Waals surface area contributed by atoms with E-state index in [0.717, 1.165) is 48.7 Å². The van der Waals surface area contributed by atoms with E-state index in [1.165, 1.54) is 5.56 Å². The van der Waals surface area contributed by atoms with Crippen molar-refractivity contribution in [3.05, 3.63) is 59.7 Å². The summed E-state index contributed by atoms with van der Waals surface area (Å²) in [7, 11) is 0. The number of likely N-dealkylation sites (tertiary alicyclic amines) is 1. The number of rotatable bonds is 4. The molecule has 0 spiro atoms. The van der Waals surface area contributed by atoms with Gasteiger partial charge in [0.05, 0.1) is 23.3 Å². The van der Waals surface area contributed by atoms with Gasteiger partial charge in [-0.05, 0) is 29.7 Å². The molecule has 4 aromatic rings. The van der Waals surface area contributed by atoms with Crippen LogP contribution in [0.15, 0.2) is 42.7 Å². The number of fused-ring (bicyclic) bond motifs is 3. The normalized spacial score (nSPS) is 20.1. The Bertz CT molecular complexity index is 1170. The second kappa shape index (κ2) is 6.73. The van der Waals surface area contributed by atoms with Gasteiger partial charge in [-0.3, -0.25) is 9.30 Å². The molecule has 5 rings (SSSR count). The molecule has 28 heavy (non-hydrogen) atoms. The van der Waals surface area contributed by atoms with E-state index in [4.69, 9.17) is 5.26 Å². The van der Waals surface area contributed by atoms with Crippen LogP contribution in [-0.4, -0.2) is 42.6 Å². The van der Waals surface area contributed by atoms with Gasteiger partial charge < -0.3 is 4.98 Å². The number of hydrogen-bond acceptors (Lipinski definition) is 5. The van der Waals surface area contributed by atoms with Crippen molar-refractivity contribution in [2.45, 2.75) is 25.8 Å². The highest BCUT2D eigenvalue weighted by Gasteiger charge is 2.36. The Morgan fingerprint density at radius 2 is 2.04 bits per heavy atom. The highest BCUT2D eigenvalue weighted by molar-refractivity contribution is 5.74. The van der Waals surface area contributed by atoms with Crippen LogP contribution >= 0.6 is 0 Å². The first-order chi connectivity index (χ1) is 13.8. The number of aromatic amines is 1. The summed E-state index contributed by atoms with van der Waals surface area (Å²) in [5, 5.41) is 17.9. The van der Waals surface area contributed by atoms with Gasteiger partial charge in [0, 0.05) is 31.7 Å². The van der Waals surface area contributed by atoms with Crippen LogP contribution in [0.4, 0.5) is 0 Å². The molecule has 0 amide bonds. The first-order valence-corrected chi connectivity index (χ1v) is 9.65. The van der Waals surface area contributed by atoms with E-state index >= 15 is 0 Å². The van der Waals surface area contributed by atoms with E-state index in [9.17, 15) is 0 Å². The second-order valence-electron chi connectivity index (χ2n) is 7.50. The molecule has 1 N–H and O–H groups in total. The first kappa shape index (κ1) is 16.9. The average molecular weight is 371 g/mol. The van der Waals surface area contributed by atoms with Gasteiger partial charge in [-0.2, -0.15) is 5.26 Å². The van der Waals surface area contributed by atoms with E-state index in [2.05, 4.69) is 42.5 Å². The second-order valence-corrected chi connectivity index (χ2v) is 7.50. The third-order valence-electron chi connectivity index (χ3n) is 5.83. The van der Waals surface area contributed by atoms with Crippen LogP contribution in [0.5, 0.6) is 0 Å². The first-order valence-electron chi connectivity index (χ1n) is 9.65. The smallest absolute Gasteiger partial charge is 0.179 e. The molecule has 0 radical (unpaired) electrons. The molecule has 1 aliphatic heterocycles. The van der Waals surface area contributed by atoms with Gasteiger partial charge in [0.2, 0.25) is 0 Å². The fraction of sp³-hybridized carbons (Fsp3) is 0.333. The molecule has 7 nitrogen and oxygen atoms in total. The fourth-order valence-electron chi connectivity index (χ4n) is 4.38. The highest BCUT2D eigenvalue weighted by Crippen LogP contribution is 2.35. The van der Waals surface area contributed by atoms with E-state index in [0.29, 0.717) is 17.4 Å². The Labute approximate surface area is 162 Å². The standard InChI is InChI=1S/C21H21N7/c1-2-16-12-27(11-15-5-3-14(9-22)4-6-15)13-17(16)21-26-25-19-10-24-20-18(28(19)21)7-8-23-20/h3-8,10,16-17,23H,2,11-13H2,1H3/t16-,17+/m0/s1. The summed E-state index contributed by atoms with van der Waals surface area (Å²) in [5.41, 5.74) is 4.61. The van der Waals surface area contributed by atoms with E-state index < -0.39 is 0 Å². The number of nitrogens with zero attached hydrogens (tertiary/aromatic N) is 6. The Hall–Kier alpha value is -3.24. The quantitative estimate of drug-likeness (QED) is 0.596. The zero-order chi connectivity index (χ0) is 19.1. The Morgan fingerprint density at radius 1 is 1.18 bits per heavy atom. The molecule has 0 aliphatic carbocycles. The van der Waals surface area contributed by atoms with E-state index in [-0.39, 0.29) is 0 Å². The third kappa shape index (κ3) is 2.74. The summed E-state index contributed by atoms with van der Waals surface area (Å²) in [6.45, 7) is 5.13. The van der Waals surface area contributed by atoms with Gasteiger partial charge in [0.15, 0.2) is 11.3 Å². The Kier molecular flexibility index (Phi) is 4.06. The number of nitrogens with one attached hydrogen (secondary N) is 1. The molecule has 1 fully saturated rings. The van der Waals surface area contributed by atoms with Crippen molar-refractivity contribution in [2.24, 2.45) is 5.92 Å². The maximum absolute atomic E-state index is 8.98. The van der Waals surface area contributed by atoms with Crippen LogP contribution in [0.25, 0.3) is 16.8 Å². The molecule has 0 saturated carbocycles. The molecule has 2 atom stereocenters. The molecular weight excluding hydrogens is 350 g/mol. The van der Waals surface area contributed by atoms with Gasteiger partial charge in [0.25, 0.3) is 0 Å². The fourth-order valence-corrected chi connectivity index (χ4v) is 4.38. The molecule has 0 bridgehead atoms. The number of benzene rings is 1. The van der Waals surface area contributed by atoms with E-state index in [1.807, 2.05) is 36.5 Å². The predicted octanol–water partition coefficient (Wildman–Crippen LogP) is 3.10. The Balaban J connectivity index is 1.46. The topological polar surface area (TPSA) is 85.9 Å². The number of nitriles is 1. The van der Waals surface area contributed by atoms with Crippen molar-refractivity contribution in [1.82, 2.24) is 29.5 Å². The lowest BCUT2D eigenvalue weighted by Gasteiger charge is -2.15. The van der Waals surface area contributed by atoms with Crippen LogP contribution < -0.4 is 0 Å². The van der Waals surface area contributed by atoms with Crippen LogP contribution in [0.2, 0.25) is 0 Å². The summed E-state index contributed by atoms with van der Waals surface area (Å²) in [4.78, 5) is 10.1. The van der Waals surface area contributed by atoms with Crippen LogP contribution in [0.1, 0.15) is 36.2 Å². The molecule has 7 heteroatoms. The van der Waals surface area contributed by atoms with Gasteiger partial charge >= 0.3 is 0 Å². The molecule has 3 aromatic heterocycles. The van der Waals surface area contributed by atoms with Crippen molar-refractivity contribution < 1.29 is 0 Å². The molecule has 1 aromatic carbocycles. The van der Waals surface area contributed by atoms with Crippen LogP contribution in [0.3, 0.4) is 0 Å². The van der Waals surface area contributed by atoms with Gasteiger partial charge in [0.1, 0.15) is 5.82 Å². The average Bonchev–Trinajstić information content (AvgIpc) is 3.45. The minimum atomic E-state index is 0.332. The Morgan fingerprint density at radius 3 is 2.82 bits per heavy atom. The molecule has 1 saturated heterocycles. The molecule has 140 valence electrons. The monoisotopic (exact) mass is 371 g/mol. The lowest BCUT2D eigenvalue weighted by molar-refractivity contribution is 0.314. The van der Waals surface area contributed by atoms with Gasteiger partial charge in [-0.15, -0.1) is 10.2 Å². The predicted molar refractivity (Wildman–Crippen MR) is 106 cm³/mol. The molecule has 4 heterocycles. The van der Waals surface area contributed by atoms with Crippen molar-refractivity contribution in [3.63, 3.8) is 0 Å². The summed E-state index contributed by atoms with van der Waals surface area (Å²) in [5.74, 6) is 1.89. The zero-order valence-corrected chi connectivity index (χ0v) is 15.7. The van der Waals surface area contributed by atoms with Crippen molar-refractivity contribution in [2.75, 3.05) is 13.1 Å². The largest absolute Gasteiger partial charge is 0.345 e. The number of H-pyrrole nitrogens is 1. The SMILES string of the molecule is CC[C@H]1CN(Cc2ccc(C#N)cc2)C[C@H]1c1nnc2cnc3[nH]ccc3n12. The van der Waals surface area contributed by atoms with Gasteiger partial charge in [-0.25, -0.2) is 4.98 Å². The minimum Gasteiger partial charge on any atom is -0.345 e. The number of hydrogen-bond donors (Lipinski definition) is 1. The molecule has 0 unspecified atom stereocenters. The lowest BCUT2D eigenvalue weighted by Crippen LogP contribution is -2.20. The number of aromatic nitrogens is 5. The summed E-state index contributed by atoms with van der Waals surface area (Å²) >= 11 is 0.